The van der Waals surface area contributed by atoms with Crippen LogP contribution in [0.25, 0.3) is 0 Å². The number of hydrogen-bond donors (Lipinski definition) is 3. The van der Waals surface area contributed by atoms with Gasteiger partial charge in [0, 0.05) is 23.6 Å². The highest BCUT2D eigenvalue weighted by Crippen LogP contribution is 2.23. The molecule has 0 bridgehead atoms. The Balaban J connectivity index is 1.67. The second kappa shape index (κ2) is 11.1. The monoisotopic (exact) mass is 417 g/mol. The molecule has 0 aliphatic carbocycles. The van der Waals surface area contributed by atoms with Crippen LogP contribution in [0.4, 0.5) is 5.69 Å². The van der Waals surface area contributed by atoms with Crippen molar-refractivity contribution in [3.63, 3.8) is 0 Å². The molecule has 0 spiro atoms. The van der Waals surface area contributed by atoms with Crippen molar-refractivity contribution in [2.45, 2.75) is 33.1 Å². The summed E-state index contributed by atoms with van der Waals surface area (Å²) in [5.74, 6) is -0.724. The van der Waals surface area contributed by atoms with Crippen LogP contribution in [0.1, 0.15) is 30.9 Å². The van der Waals surface area contributed by atoms with E-state index >= 15 is 0 Å². The third kappa shape index (κ3) is 7.46. The van der Waals surface area contributed by atoms with Gasteiger partial charge in [-0.1, -0.05) is 36.7 Å². The van der Waals surface area contributed by atoms with Crippen LogP contribution >= 0.6 is 11.6 Å². The molecule has 0 aliphatic rings. The van der Waals surface area contributed by atoms with Crippen LogP contribution in [-0.4, -0.2) is 24.3 Å². The van der Waals surface area contributed by atoms with Crippen molar-refractivity contribution in [1.82, 2.24) is 10.9 Å². The second-order valence-corrected chi connectivity index (χ2v) is 6.75. The summed E-state index contributed by atoms with van der Waals surface area (Å²) in [5, 5.41) is 3.26. The third-order valence-corrected chi connectivity index (χ3v) is 4.55. The van der Waals surface area contributed by atoms with Crippen molar-refractivity contribution >= 4 is 35.0 Å². The van der Waals surface area contributed by atoms with Crippen LogP contribution in [0.3, 0.4) is 0 Å². The van der Waals surface area contributed by atoms with E-state index < -0.39 is 11.8 Å². The van der Waals surface area contributed by atoms with E-state index in [0.717, 1.165) is 17.5 Å². The number of aryl methyl sites for hydroxylation is 1. The average molecular weight is 418 g/mol. The molecule has 2 rings (SSSR count). The Morgan fingerprint density at radius 3 is 2.41 bits per heavy atom. The van der Waals surface area contributed by atoms with Crippen LogP contribution in [-0.2, 0) is 20.8 Å². The molecule has 29 heavy (non-hydrogen) atoms. The number of benzene rings is 2. The fourth-order valence-corrected chi connectivity index (χ4v) is 2.60. The lowest BCUT2D eigenvalue weighted by atomic mass is 10.2. The van der Waals surface area contributed by atoms with Gasteiger partial charge in [0.05, 0.1) is 0 Å². The largest absolute Gasteiger partial charge is 0.484 e. The summed E-state index contributed by atoms with van der Waals surface area (Å²) in [6.07, 6.45) is 0.753. The van der Waals surface area contributed by atoms with Gasteiger partial charge >= 0.3 is 0 Å². The number of rotatable bonds is 8. The Hall–Kier alpha value is -3.06. The standard InChI is InChI=1S/C21H24ClN3O4/c1-3-15-6-4-7-16(12-15)29-13-21(28)25-24-20(27)11-10-19(26)23-18-9-5-8-17(22)14(18)2/h4-9,12H,3,10-11,13H2,1-2H3,(H,23,26)(H,24,27)(H,25,28). The number of halogens is 1. The lowest BCUT2D eigenvalue weighted by molar-refractivity contribution is -0.130. The maximum atomic E-state index is 12.0. The summed E-state index contributed by atoms with van der Waals surface area (Å²) in [6.45, 7) is 3.58. The summed E-state index contributed by atoms with van der Waals surface area (Å²) in [7, 11) is 0. The highest BCUT2D eigenvalue weighted by molar-refractivity contribution is 6.31. The van der Waals surface area contributed by atoms with Gasteiger partial charge in [-0.15, -0.1) is 0 Å². The van der Waals surface area contributed by atoms with Gasteiger partial charge in [0.2, 0.25) is 11.8 Å². The molecule has 2 aromatic rings. The van der Waals surface area contributed by atoms with Gasteiger partial charge in [-0.05, 0) is 48.7 Å². The van der Waals surface area contributed by atoms with Crippen molar-refractivity contribution in [3.05, 3.63) is 58.6 Å². The molecule has 154 valence electrons. The number of anilines is 1. The number of hydrogen-bond acceptors (Lipinski definition) is 4. The van der Waals surface area contributed by atoms with Crippen molar-refractivity contribution in [2.75, 3.05) is 11.9 Å². The first-order valence-electron chi connectivity index (χ1n) is 9.23. The van der Waals surface area contributed by atoms with Gasteiger partial charge in [-0.2, -0.15) is 0 Å². The van der Waals surface area contributed by atoms with Crippen LogP contribution in [0.5, 0.6) is 5.75 Å². The van der Waals surface area contributed by atoms with E-state index in [1.165, 1.54) is 0 Å². The van der Waals surface area contributed by atoms with Crippen LogP contribution < -0.4 is 20.9 Å². The second-order valence-electron chi connectivity index (χ2n) is 6.35. The van der Waals surface area contributed by atoms with Gasteiger partial charge in [0.1, 0.15) is 5.75 Å². The Kier molecular flexibility index (Phi) is 8.48. The van der Waals surface area contributed by atoms with Gasteiger partial charge in [-0.25, -0.2) is 0 Å². The molecule has 0 saturated carbocycles. The Morgan fingerprint density at radius 2 is 1.66 bits per heavy atom. The minimum atomic E-state index is -0.501. The van der Waals surface area contributed by atoms with E-state index in [1.54, 1.807) is 31.2 Å². The lowest BCUT2D eigenvalue weighted by Gasteiger charge is -2.10. The predicted molar refractivity (Wildman–Crippen MR) is 112 cm³/mol. The minimum Gasteiger partial charge on any atom is -0.484 e. The minimum absolute atomic E-state index is 0.0338. The Labute approximate surface area is 174 Å². The third-order valence-electron chi connectivity index (χ3n) is 4.14. The van der Waals surface area contributed by atoms with Crippen LogP contribution in [0.15, 0.2) is 42.5 Å². The highest BCUT2D eigenvalue weighted by Gasteiger charge is 2.11. The van der Waals surface area contributed by atoms with Crippen molar-refractivity contribution in [1.29, 1.82) is 0 Å². The summed E-state index contributed by atoms with van der Waals surface area (Å²) in [5.41, 5.74) is 6.97. The molecule has 7 nitrogen and oxygen atoms in total. The van der Waals surface area contributed by atoms with Gasteiger partial charge in [-0.3, -0.25) is 25.2 Å². The predicted octanol–water partition coefficient (Wildman–Crippen LogP) is 3.16. The smallest absolute Gasteiger partial charge is 0.276 e. The fraction of sp³-hybridized carbons (Fsp3) is 0.286. The number of carbonyl (C=O) groups is 3. The van der Waals surface area contributed by atoms with E-state index in [2.05, 4.69) is 16.2 Å². The average Bonchev–Trinajstić information content (AvgIpc) is 2.72. The molecule has 0 atom stereocenters. The molecular formula is C21H24ClN3O4. The number of hydrazine groups is 1. The summed E-state index contributed by atoms with van der Waals surface area (Å²) in [6, 6.07) is 12.6. The molecule has 3 amide bonds. The molecule has 0 aliphatic heterocycles. The van der Waals surface area contributed by atoms with Crippen molar-refractivity contribution in [2.24, 2.45) is 0 Å². The summed E-state index contributed by atoms with van der Waals surface area (Å²) in [4.78, 5) is 35.6. The van der Waals surface area contributed by atoms with E-state index in [1.807, 2.05) is 25.1 Å². The zero-order valence-corrected chi connectivity index (χ0v) is 17.1. The first-order valence-corrected chi connectivity index (χ1v) is 9.61. The molecular weight excluding hydrogens is 394 g/mol. The number of amides is 3. The van der Waals surface area contributed by atoms with Gasteiger partial charge in [0.25, 0.3) is 5.91 Å². The van der Waals surface area contributed by atoms with Crippen LogP contribution in [0, 0.1) is 6.92 Å². The quantitative estimate of drug-likeness (QED) is 0.575. The van der Waals surface area contributed by atoms with E-state index in [0.29, 0.717) is 16.5 Å². The maximum Gasteiger partial charge on any atom is 0.276 e. The van der Waals surface area contributed by atoms with E-state index in [4.69, 9.17) is 16.3 Å². The first-order chi connectivity index (χ1) is 13.9. The van der Waals surface area contributed by atoms with Gasteiger partial charge in [0.15, 0.2) is 6.61 Å². The van der Waals surface area contributed by atoms with Crippen molar-refractivity contribution in [3.8, 4) is 5.75 Å². The van der Waals surface area contributed by atoms with E-state index in [-0.39, 0.29) is 25.4 Å². The molecule has 0 fully saturated rings. The fourth-order valence-electron chi connectivity index (χ4n) is 2.42. The molecule has 2 aromatic carbocycles. The molecule has 0 aromatic heterocycles. The molecule has 0 heterocycles. The highest BCUT2D eigenvalue weighted by atomic mass is 35.5. The van der Waals surface area contributed by atoms with Gasteiger partial charge < -0.3 is 10.1 Å². The SMILES string of the molecule is CCc1cccc(OCC(=O)NNC(=O)CCC(=O)Nc2cccc(Cl)c2C)c1. The normalized spacial score (nSPS) is 10.2. The Bertz CT molecular complexity index is 886. The molecule has 3 N–H and O–H groups in total. The van der Waals surface area contributed by atoms with Crippen molar-refractivity contribution < 1.29 is 19.1 Å². The number of carbonyl (C=O) groups excluding carboxylic acids is 3. The molecule has 0 unspecified atom stereocenters. The summed E-state index contributed by atoms with van der Waals surface area (Å²) >= 11 is 6.01. The zero-order valence-electron chi connectivity index (χ0n) is 16.4. The number of nitrogens with one attached hydrogen (secondary N) is 3. The first kappa shape index (κ1) is 22.2. The van der Waals surface area contributed by atoms with E-state index in [9.17, 15) is 14.4 Å². The zero-order chi connectivity index (χ0) is 21.2. The lowest BCUT2D eigenvalue weighted by Crippen LogP contribution is -2.44. The molecule has 0 saturated heterocycles. The maximum absolute atomic E-state index is 12.0. The number of ether oxygens (including phenoxy) is 1. The Morgan fingerprint density at radius 1 is 0.966 bits per heavy atom. The molecule has 8 heteroatoms. The molecule has 0 radical (unpaired) electrons. The van der Waals surface area contributed by atoms with Crippen LogP contribution in [0.2, 0.25) is 5.02 Å². The summed E-state index contributed by atoms with van der Waals surface area (Å²) < 4.78 is 5.39. The topological polar surface area (TPSA) is 96.5 Å².